The molecule has 1 unspecified atom stereocenters. The number of nitrogens with zero attached hydrogens (tertiary/aromatic N) is 1. The Balaban J connectivity index is 2.20. The summed E-state index contributed by atoms with van der Waals surface area (Å²) >= 11 is 5.02. The predicted octanol–water partition coefficient (Wildman–Crippen LogP) is 2.33. The summed E-state index contributed by atoms with van der Waals surface area (Å²) in [4.78, 5) is 14.4. The molecule has 1 aromatic rings. The third kappa shape index (κ3) is 3.53. The number of nitrogens with two attached hydrogens (primary N) is 1. The molecule has 4 nitrogen and oxygen atoms in total. The summed E-state index contributed by atoms with van der Waals surface area (Å²) in [5.74, 6) is 1.92. The fourth-order valence-electron chi connectivity index (χ4n) is 2.66. The van der Waals surface area contributed by atoms with Crippen molar-refractivity contribution in [3.05, 3.63) is 29.3 Å². The van der Waals surface area contributed by atoms with Crippen LogP contribution in [0.4, 0.5) is 0 Å². The molecular weight excluding hydrogens is 284 g/mol. The lowest BCUT2D eigenvalue weighted by molar-refractivity contribution is -0.128. The van der Waals surface area contributed by atoms with Crippen LogP contribution in [-0.4, -0.2) is 29.5 Å². The van der Waals surface area contributed by atoms with Crippen molar-refractivity contribution in [2.45, 2.75) is 26.8 Å². The van der Waals surface area contributed by atoms with Crippen molar-refractivity contribution in [1.29, 1.82) is 0 Å². The van der Waals surface area contributed by atoms with Crippen LogP contribution in [0.1, 0.15) is 31.4 Å². The minimum absolute atomic E-state index is 0.205. The molecule has 0 radical (unpaired) electrons. The maximum Gasteiger partial charge on any atom is 0.223 e. The van der Waals surface area contributed by atoms with Gasteiger partial charge in [0.05, 0.1) is 7.11 Å². The molecule has 5 heteroatoms. The zero-order chi connectivity index (χ0) is 15.6. The van der Waals surface area contributed by atoms with Crippen molar-refractivity contribution in [1.82, 2.24) is 4.90 Å². The average Bonchev–Trinajstić information content (AvgIpc) is 2.80. The first-order chi connectivity index (χ1) is 9.92. The lowest BCUT2D eigenvalue weighted by atomic mass is 9.95. The van der Waals surface area contributed by atoms with Crippen LogP contribution in [0, 0.1) is 11.8 Å². The maximum absolute atomic E-state index is 12.1. The van der Waals surface area contributed by atoms with Gasteiger partial charge in [0.25, 0.3) is 0 Å². The Morgan fingerprint density at radius 2 is 2.24 bits per heavy atom. The number of thiocarbonyl (C=S) groups is 1. The molecule has 1 fully saturated rings. The van der Waals surface area contributed by atoms with Gasteiger partial charge in [-0.3, -0.25) is 4.79 Å². The molecule has 2 N–H and O–H groups in total. The number of carbonyl (C=O) groups excluding carboxylic acids is 1. The molecule has 1 heterocycles. The van der Waals surface area contributed by atoms with Crippen LogP contribution in [-0.2, 0) is 11.3 Å². The van der Waals surface area contributed by atoms with Crippen LogP contribution in [0.2, 0.25) is 0 Å². The maximum atomic E-state index is 12.1. The molecule has 1 aromatic carbocycles. The highest BCUT2D eigenvalue weighted by atomic mass is 32.1. The Morgan fingerprint density at radius 1 is 1.52 bits per heavy atom. The van der Waals surface area contributed by atoms with E-state index < -0.39 is 0 Å². The van der Waals surface area contributed by atoms with E-state index in [4.69, 9.17) is 22.7 Å². The van der Waals surface area contributed by atoms with Crippen LogP contribution < -0.4 is 10.5 Å². The van der Waals surface area contributed by atoms with E-state index in [1.165, 1.54) is 0 Å². The number of benzene rings is 1. The molecule has 2 rings (SSSR count). The van der Waals surface area contributed by atoms with Crippen molar-refractivity contribution in [3.63, 3.8) is 0 Å². The number of ether oxygens (including phenoxy) is 1. The number of carbonyl (C=O) groups is 1. The topological polar surface area (TPSA) is 55.6 Å². The van der Waals surface area contributed by atoms with Gasteiger partial charge in [0.1, 0.15) is 10.7 Å². The number of hydrogen-bond donors (Lipinski definition) is 1. The van der Waals surface area contributed by atoms with Crippen LogP contribution in [0.25, 0.3) is 0 Å². The van der Waals surface area contributed by atoms with Crippen molar-refractivity contribution in [3.8, 4) is 5.75 Å². The number of hydrogen-bond acceptors (Lipinski definition) is 3. The largest absolute Gasteiger partial charge is 0.496 e. The fraction of sp³-hybridized carbons (Fsp3) is 0.500. The Morgan fingerprint density at radius 3 is 2.76 bits per heavy atom. The standard InChI is InChI=1S/C16H22N2O2S/c1-10(2)12-7-15(19)18(8-12)9-13-6-11(16(17)21)4-5-14(13)20-3/h4-6,10,12H,7-9H2,1-3H3,(H2,17,21). The summed E-state index contributed by atoms with van der Waals surface area (Å²) in [5.41, 5.74) is 7.43. The Hall–Kier alpha value is -1.62. The fourth-order valence-corrected chi connectivity index (χ4v) is 2.79. The summed E-state index contributed by atoms with van der Waals surface area (Å²) in [6, 6.07) is 5.61. The van der Waals surface area contributed by atoms with Gasteiger partial charge >= 0.3 is 0 Å². The van der Waals surface area contributed by atoms with E-state index in [1.54, 1.807) is 7.11 Å². The average molecular weight is 306 g/mol. The highest BCUT2D eigenvalue weighted by Crippen LogP contribution is 2.28. The van der Waals surface area contributed by atoms with Gasteiger partial charge in [-0.15, -0.1) is 0 Å². The van der Waals surface area contributed by atoms with Crippen molar-refractivity contribution < 1.29 is 9.53 Å². The monoisotopic (exact) mass is 306 g/mol. The number of methoxy groups -OCH3 is 1. The predicted molar refractivity (Wildman–Crippen MR) is 87.2 cm³/mol. The zero-order valence-corrected chi connectivity index (χ0v) is 13.6. The van der Waals surface area contributed by atoms with Crippen molar-refractivity contribution >= 4 is 23.1 Å². The summed E-state index contributed by atoms with van der Waals surface area (Å²) in [6.07, 6.45) is 0.634. The molecule has 1 aliphatic heterocycles. The molecule has 0 aliphatic carbocycles. The van der Waals surface area contributed by atoms with Gasteiger partial charge in [-0.25, -0.2) is 0 Å². The van der Waals surface area contributed by atoms with E-state index in [1.807, 2.05) is 23.1 Å². The highest BCUT2D eigenvalue weighted by Gasteiger charge is 2.31. The first-order valence-electron chi connectivity index (χ1n) is 7.17. The molecule has 1 saturated heterocycles. The molecule has 0 aromatic heterocycles. The molecule has 21 heavy (non-hydrogen) atoms. The van der Waals surface area contributed by atoms with Gasteiger partial charge in [0.2, 0.25) is 5.91 Å². The summed E-state index contributed by atoms with van der Waals surface area (Å²) in [6.45, 7) is 5.67. The number of amides is 1. The van der Waals surface area contributed by atoms with Crippen LogP contribution in [0.5, 0.6) is 5.75 Å². The first-order valence-corrected chi connectivity index (χ1v) is 7.57. The summed E-state index contributed by atoms with van der Waals surface area (Å²) in [5, 5.41) is 0. The molecule has 114 valence electrons. The normalized spacial score (nSPS) is 18.4. The first kappa shape index (κ1) is 15.8. The number of likely N-dealkylation sites (tertiary alicyclic amines) is 1. The quantitative estimate of drug-likeness (QED) is 0.848. The van der Waals surface area contributed by atoms with Gasteiger partial charge in [-0.2, -0.15) is 0 Å². The summed E-state index contributed by atoms with van der Waals surface area (Å²) in [7, 11) is 1.63. The molecule has 1 amide bonds. The third-order valence-corrected chi connectivity index (χ3v) is 4.35. The van der Waals surface area contributed by atoms with E-state index in [0.717, 1.165) is 23.4 Å². The Labute approximate surface area is 131 Å². The SMILES string of the molecule is COc1ccc(C(N)=S)cc1CN1CC(C(C)C)CC1=O. The molecule has 1 atom stereocenters. The molecule has 0 bridgehead atoms. The second-order valence-electron chi connectivity index (χ2n) is 5.87. The van der Waals surface area contributed by atoms with Crippen LogP contribution in [0.15, 0.2) is 18.2 Å². The number of rotatable bonds is 5. The summed E-state index contributed by atoms with van der Waals surface area (Å²) < 4.78 is 5.38. The van der Waals surface area contributed by atoms with Crippen molar-refractivity contribution in [2.75, 3.05) is 13.7 Å². The van der Waals surface area contributed by atoms with Crippen LogP contribution >= 0.6 is 12.2 Å². The molecule has 0 saturated carbocycles. The Kier molecular flexibility index (Phi) is 4.83. The van der Waals surface area contributed by atoms with Gasteiger partial charge < -0.3 is 15.4 Å². The molecular formula is C16H22N2O2S. The van der Waals surface area contributed by atoms with E-state index in [0.29, 0.717) is 29.8 Å². The van der Waals surface area contributed by atoms with E-state index in [2.05, 4.69) is 13.8 Å². The smallest absolute Gasteiger partial charge is 0.223 e. The third-order valence-electron chi connectivity index (χ3n) is 4.11. The lowest BCUT2D eigenvalue weighted by Gasteiger charge is -2.20. The van der Waals surface area contributed by atoms with Gasteiger partial charge in [0.15, 0.2) is 0 Å². The lowest BCUT2D eigenvalue weighted by Crippen LogP contribution is -2.25. The second kappa shape index (κ2) is 6.43. The molecule has 1 aliphatic rings. The van der Waals surface area contributed by atoms with E-state index >= 15 is 0 Å². The van der Waals surface area contributed by atoms with E-state index in [-0.39, 0.29) is 5.91 Å². The van der Waals surface area contributed by atoms with E-state index in [9.17, 15) is 4.79 Å². The highest BCUT2D eigenvalue weighted by molar-refractivity contribution is 7.80. The minimum Gasteiger partial charge on any atom is -0.496 e. The van der Waals surface area contributed by atoms with Crippen molar-refractivity contribution in [2.24, 2.45) is 17.6 Å². The van der Waals surface area contributed by atoms with Crippen LogP contribution in [0.3, 0.4) is 0 Å². The Bertz CT molecular complexity index is 557. The van der Waals surface area contributed by atoms with Gasteiger partial charge in [-0.1, -0.05) is 26.1 Å². The zero-order valence-electron chi connectivity index (χ0n) is 12.8. The van der Waals surface area contributed by atoms with Gasteiger partial charge in [-0.05, 0) is 30.0 Å². The van der Waals surface area contributed by atoms with Gasteiger partial charge in [0, 0.05) is 30.6 Å². The molecule has 0 spiro atoms. The second-order valence-corrected chi connectivity index (χ2v) is 6.31. The minimum atomic E-state index is 0.205.